The Morgan fingerprint density at radius 3 is 2.03 bits per heavy atom. The highest BCUT2D eigenvalue weighted by atomic mass is 28.4. The number of halogens is 2. The van der Waals surface area contributed by atoms with Crippen LogP contribution in [0.15, 0.2) is 54.6 Å². The molecule has 180 valence electrons. The zero-order valence-electron chi connectivity index (χ0n) is 20.6. The molecule has 33 heavy (non-hydrogen) atoms. The molecule has 0 aromatic heterocycles. The Labute approximate surface area is 198 Å². The van der Waals surface area contributed by atoms with Gasteiger partial charge in [0, 0.05) is 5.56 Å². The Balaban J connectivity index is 2.52. The monoisotopic (exact) mass is 473 g/mol. The number of carbonyl (C=O) groups excluding carboxylic acids is 1. The van der Waals surface area contributed by atoms with Crippen molar-refractivity contribution in [2.45, 2.75) is 77.1 Å². The molecule has 1 amide bonds. The van der Waals surface area contributed by atoms with Crippen LogP contribution in [0, 0.1) is 0 Å². The first-order valence-electron chi connectivity index (χ1n) is 11.6. The summed E-state index contributed by atoms with van der Waals surface area (Å²) in [5.74, 6) is -3.94. The van der Waals surface area contributed by atoms with E-state index < -0.39 is 26.3 Å². The molecule has 0 spiro atoms. The number of primary amides is 1. The summed E-state index contributed by atoms with van der Waals surface area (Å²) < 4.78 is 37.9. The predicted molar refractivity (Wildman–Crippen MR) is 135 cm³/mol. The number of nitrogens with two attached hydrogens (primary N) is 1. The van der Waals surface area contributed by atoms with Gasteiger partial charge in [-0.25, -0.2) is 0 Å². The largest absolute Gasteiger partial charge is 0.404 e. The van der Waals surface area contributed by atoms with Crippen LogP contribution in [0.5, 0.6) is 0 Å². The van der Waals surface area contributed by atoms with Crippen LogP contribution in [0.2, 0.25) is 18.1 Å². The maximum Gasteiger partial charge on any atom is 0.295 e. The summed E-state index contributed by atoms with van der Waals surface area (Å²) in [6.07, 6.45) is 0.708. The van der Waals surface area contributed by atoms with E-state index in [1.165, 1.54) is 12.1 Å². The number of hydrogen-bond donors (Lipinski definition) is 1. The highest BCUT2D eigenvalue weighted by Crippen LogP contribution is 2.41. The van der Waals surface area contributed by atoms with Crippen LogP contribution in [-0.2, 0) is 9.84 Å². The molecule has 1 unspecified atom stereocenters. The zero-order chi connectivity index (χ0) is 24.9. The molecule has 0 saturated heterocycles. The van der Waals surface area contributed by atoms with Gasteiger partial charge in [0.2, 0.25) is 5.91 Å². The Hall–Kier alpha value is -2.31. The lowest BCUT2D eigenvalue weighted by Gasteiger charge is -2.36. The van der Waals surface area contributed by atoms with E-state index in [1.54, 1.807) is 30.3 Å². The fourth-order valence-electron chi connectivity index (χ4n) is 3.93. The van der Waals surface area contributed by atoms with Gasteiger partial charge in [0.25, 0.3) is 5.92 Å². The molecule has 0 bridgehead atoms. The molecule has 0 fully saturated rings. The van der Waals surface area contributed by atoms with Crippen LogP contribution in [0.25, 0.3) is 6.08 Å². The first-order chi connectivity index (χ1) is 15.4. The first-order valence-corrected chi connectivity index (χ1v) is 14.2. The van der Waals surface area contributed by atoms with E-state index in [-0.39, 0.29) is 11.0 Å². The van der Waals surface area contributed by atoms with Gasteiger partial charge in [-0.15, -0.1) is 0 Å². The van der Waals surface area contributed by atoms with Crippen molar-refractivity contribution in [1.82, 2.24) is 0 Å². The molecule has 3 nitrogen and oxygen atoms in total. The third-order valence-corrected chi connectivity index (χ3v) is 11.0. The van der Waals surface area contributed by atoms with E-state index >= 15 is 8.78 Å². The lowest BCUT2D eigenvalue weighted by molar-refractivity contribution is -0.0627. The van der Waals surface area contributed by atoms with Crippen molar-refractivity contribution in [3.05, 3.63) is 76.9 Å². The van der Waals surface area contributed by atoms with Gasteiger partial charge in [-0.3, -0.25) is 4.79 Å². The van der Waals surface area contributed by atoms with E-state index in [0.29, 0.717) is 11.1 Å². The third kappa shape index (κ3) is 6.61. The molecule has 2 N–H and O–H groups in total. The average Bonchev–Trinajstić information content (AvgIpc) is 2.78. The SMILES string of the molecule is CC[Si](CC)(CC)OC(c1ccc(C(C)(C)C)cc1)C(F)(F)/C=C/c1ccccc1C(N)=O. The molecule has 6 heteroatoms. The lowest BCUT2D eigenvalue weighted by Crippen LogP contribution is -2.42. The molecular weight excluding hydrogens is 436 g/mol. The third-order valence-electron chi connectivity index (χ3n) is 6.44. The Morgan fingerprint density at radius 1 is 1.00 bits per heavy atom. The second kappa shape index (κ2) is 10.7. The Kier molecular flexibility index (Phi) is 8.77. The molecule has 0 radical (unpaired) electrons. The van der Waals surface area contributed by atoms with Crippen molar-refractivity contribution < 1.29 is 18.0 Å². The van der Waals surface area contributed by atoms with Crippen LogP contribution < -0.4 is 5.73 Å². The van der Waals surface area contributed by atoms with Crippen LogP contribution >= 0.6 is 0 Å². The number of amides is 1. The number of carbonyl (C=O) groups is 1. The van der Waals surface area contributed by atoms with Crippen LogP contribution in [0.1, 0.15) is 74.7 Å². The number of hydrogen-bond acceptors (Lipinski definition) is 2. The Bertz CT molecular complexity index is 953. The number of alkyl halides is 2. The van der Waals surface area contributed by atoms with Gasteiger partial charge >= 0.3 is 0 Å². The van der Waals surface area contributed by atoms with Crippen LogP contribution in [0.3, 0.4) is 0 Å². The molecule has 0 heterocycles. The molecule has 0 saturated carbocycles. The minimum Gasteiger partial charge on any atom is -0.404 e. The highest BCUT2D eigenvalue weighted by Gasteiger charge is 2.44. The summed E-state index contributed by atoms with van der Waals surface area (Å²) in [6, 6.07) is 16.1. The van der Waals surface area contributed by atoms with Gasteiger partial charge in [0.1, 0.15) is 6.10 Å². The van der Waals surface area contributed by atoms with Crippen molar-refractivity contribution in [3.63, 3.8) is 0 Å². The summed E-state index contributed by atoms with van der Waals surface area (Å²) in [4.78, 5) is 11.7. The summed E-state index contributed by atoms with van der Waals surface area (Å²) in [7, 11) is -2.35. The highest BCUT2D eigenvalue weighted by molar-refractivity contribution is 6.73. The molecule has 2 aromatic carbocycles. The van der Waals surface area contributed by atoms with Gasteiger partial charge < -0.3 is 10.2 Å². The summed E-state index contributed by atoms with van der Waals surface area (Å²) in [5, 5.41) is 0. The minimum atomic E-state index is -3.29. The molecule has 2 rings (SSSR count). The van der Waals surface area contributed by atoms with Crippen molar-refractivity contribution in [1.29, 1.82) is 0 Å². The predicted octanol–water partition coefficient (Wildman–Crippen LogP) is 7.49. The standard InChI is InChI=1S/C27H37F2NO2Si/c1-7-33(8-2,9-3)32-24(21-14-16-22(17-15-21)26(4,5)6)27(28,29)19-18-20-12-10-11-13-23(20)25(30)31/h10-19,24H,7-9H2,1-6H3,(H2,30,31)/b19-18+. The van der Waals surface area contributed by atoms with E-state index in [1.807, 2.05) is 32.9 Å². The number of rotatable bonds is 10. The maximum atomic E-state index is 15.8. The van der Waals surface area contributed by atoms with Crippen molar-refractivity contribution in [2.75, 3.05) is 0 Å². The second-order valence-electron chi connectivity index (χ2n) is 9.57. The van der Waals surface area contributed by atoms with Gasteiger partial charge in [-0.05, 0) is 52.4 Å². The summed E-state index contributed by atoms with van der Waals surface area (Å²) in [5.41, 5.74) is 7.42. The minimum absolute atomic E-state index is 0.0788. The van der Waals surface area contributed by atoms with Gasteiger partial charge in [0.15, 0.2) is 8.32 Å². The molecule has 0 aliphatic heterocycles. The van der Waals surface area contributed by atoms with Crippen molar-refractivity contribution in [2.24, 2.45) is 5.73 Å². The van der Waals surface area contributed by atoms with Gasteiger partial charge in [0.05, 0.1) is 0 Å². The maximum absolute atomic E-state index is 15.8. The van der Waals surface area contributed by atoms with Crippen LogP contribution in [0.4, 0.5) is 8.78 Å². The van der Waals surface area contributed by atoms with Crippen LogP contribution in [-0.4, -0.2) is 20.1 Å². The van der Waals surface area contributed by atoms with Crippen molar-refractivity contribution in [3.8, 4) is 0 Å². The quantitative estimate of drug-likeness (QED) is 0.363. The fourth-order valence-corrected chi connectivity index (χ4v) is 6.72. The molecule has 0 aliphatic carbocycles. The van der Waals surface area contributed by atoms with E-state index in [4.69, 9.17) is 10.2 Å². The van der Waals surface area contributed by atoms with E-state index in [9.17, 15) is 4.79 Å². The van der Waals surface area contributed by atoms with E-state index in [2.05, 4.69) is 20.8 Å². The number of benzene rings is 2. The molecule has 2 aromatic rings. The lowest BCUT2D eigenvalue weighted by atomic mass is 9.86. The summed E-state index contributed by atoms with van der Waals surface area (Å²) in [6.45, 7) is 12.3. The summed E-state index contributed by atoms with van der Waals surface area (Å²) >= 11 is 0. The smallest absolute Gasteiger partial charge is 0.295 e. The van der Waals surface area contributed by atoms with Crippen molar-refractivity contribution >= 4 is 20.3 Å². The average molecular weight is 474 g/mol. The topological polar surface area (TPSA) is 52.3 Å². The Morgan fingerprint density at radius 2 is 1.55 bits per heavy atom. The van der Waals surface area contributed by atoms with Gasteiger partial charge in [-0.2, -0.15) is 8.78 Å². The zero-order valence-corrected chi connectivity index (χ0v) is 21.6. The normalized spacial score (nSPS) is 13.9. The van der Waals surface area contributed by atoms with E-state index in [0.717, 1.165) is 29.8 Å². The second-order valence-corrected chi connectivity index (χ2v) is 14.3. The molecule has 0 aliphatic rings. The first kappa shape index (κ1) is 26.9. The molecule has 1 atom stereocenters. The fraction of sp³-hybridized carbons (Fsp3) is 0.444. The van der Waals surface area contributed by atoms with Gasteiger partial charge in [-0.1, -0.05) is 90.1 Å². The molecular formula is C27H37F2NO2Si.